The van der Waals surface area contributed by atoms with Crippen LogP contribution in [0.3, 0.4) is 0 Å². The Morgan fingerprint density at radius 1 is 1.21 bits per heavy atom. The molecule has 2 aromatic heterocycles. The average molecular weight is 379 g/mol. The fourth-order valence-electron chi connectivity index (χ4n) is 4.80. The molecule has 0 bridgehead atoms. The van der Waals surface area contributed by atoms with Crippen LogP contribution in [0, 0.1) is 13.8 Å². The summed E-state index contributed by atoms with van der Waals surface area (Å²) in [7, 11) is 0. The Balaban J connectivity index is 1.60. The van der Waals surface area contributed by atoms with Gasteiger partial charge in [0.1, 0.15) is 0 Å². The number of amides is 1. The van der Waals surface area contributed by atoms with E-state index in [0.717, 1.165) is 46.3 Å². The summed E-state index contributed by atoms with van der Waals surface area (Å²) < 4.78 is 1.94. The molecule has 1 aliphatic rings. The van der Waals surface area contributed by atoms with Crippen molar-refractivity contribution in [3.8, 4) is 0 Å². The largest absolute Gasteiger partial charge is 0.337 e. The summed E-state index contributed by atoms with van der Waals surface area (Å²) in [5.41, 5.74) is 5.08. The second-order valence-corrected chi connectivity index (χ2v) is 8.35. The number of rotatable bonds is 5. The standard InChI is InChI=1S/C23H30N4O/c1-15(2)26(18-9-5-6-10-18)22(28)14-13-19-16(3)24-23-20-11-7-8-12-21(20)25-27(23)17(19)4/h7-8,11-12,15,18H,5-6,9-10,13-14H2,1-4H3. The fourth-order valence-corrected chi connectivity index (χ4v) is 4.80. The van der Waals surface area contributed by atoms with E-state index >= 15 is 0 Å². The van der Waals surface area contributed by atoms with Crippen LogP contribution in [0.1, 0.15) is 62.9 Å². The van der Waals surface area contributed by atoms with Gasteiger partial charge in [0.05, 0.1) is 5.52 Å². The van der Waals surface area contributed by atoms with Gasteiger partial charge < -0.3 is 4.90 Å². The highest BCUT2D eigenvalue weighted by Gasteiger charge is 2.28. The zero-order valence-corrected chi connectivity index (χ0v) is 17.4. The smallest absolute Gasteiger partial charge is 0.223 e. The van der Waals surface area contributed by atoms with Gasteiger partial charge in [0.15, 0.2) is 5.65 Å². The van der Waals surface area contributed by atoms with Gasteiger partial charge in [0, 0.05) is 35.3 Å². The zero-order chi connectivity index (χ0) is 19.8. The molecule has 2 heterocycles. The van der Waals surface area contributed by atoms with Gasteiger partial charge in [0.2, 0.25) is 5.91 Å². The first-order chi connectivity index (χ1) is 13.5. The van der Waals surface area contributed by atoms with E-state index in [2.05, 4.69) is 31.7 Å². The third kappa shape index (κ3) is 3.27. The Labute approximate surface area is 166 Å². The van der Waals surface area contributed by atoms with Gasteiger partial charge in [-0.2, -0.15) is 5.10 Å². The highest BCUT2D eigenvalue weighted by atomic mass is 16.2. The molecule has 148 valence electrons. The number of benzene rings is 1. The lowest BCUT2D eigenvalue weighted by atomic mass is 10.0. The van der Waals surface area contributed by atoms with Crippen LogP contribution in [-0.4, -0.2) is 37.5 Å². The van der Waals surface area contributed by atoms with Crippen LogP contribution in [0.5, 0.6) is 0 Å². The highest BCUT2D eigenvalue weighted by Crippen LogP contribution is 2.27. The molecule has 0 radical (unpaired) electrons. The van der Waals surface area contributed by atoms with Crippen LogP contribution in [0.15, 0.2) is 24.3 Å². The highest BCUT2D eigenvalue weighted by molar-refractivity contribution is 5.92. The normalized spacial score (nSPS) is 15.2. The Morgan fingerprint density at radius 3 is 2.64 bits per heavy atom. The lowest BCUT2D eigenvalue weighted by molar-refractivity contribution is -0.135. The molecule has 0 aliphatic heterocycles. The lowest BCUT2D eigenvalue weighted by Gasteiger charge is -2.33. The number of aryl methyl sites for hydroxylation is 2. The number of fused-ring (bicyclic) bond motifs is 3. The predicted octanol–water partition coefficient (Wildman–Crippen LogP) is 4.61. The molecule has 0 N–H and O–H groups in total. The van der Waals surface area contributed by atoms with Gasteiger partial charge in [-0.15, -0.1) is 0 Å². The molecule has 28 heavy (non-hydrogen) atoms. The Hall–Kier alpha value is -2.43. The summed E-state index contributed by atoms with van der Waals surface area (Å²) in [4.78, 5) is 20.0. The summed E-state index contributed by atoms with van der Waals surface area (Å²) in [5, 5.41) is 5.80. The SMILES string of the molecule is Cc1nc2c3ccccc3nn2c(C)c1CCC(=O)N(C(C)C)C1CCCC1. The van der Waals surface area contributed by atoms with E-state index in [4.69, 9.17) is 10.1 Å². The minimum atomic E-state index is 0.259. The maximum Gasteiger partial charge on any atom is 0.223 e. The van der Waals surface area contributed by atoms with Crippen LogP contribution < -0.4 is 0 Å². The first-order valence-corrected chi connectivity index (χ1v) is 10.5. The molecule has 1 aromatic carbocycles. The van der Waals surface area contributed by atoms with Crippen LogP contribution in [0.2, 0.25) is 0 Å². The Kier molecular flexibility index (Phi) is 5.09. The van der Waals surface area contributed by atoms with Crippen molar-refractivity contribution >= 4 is 22.5 Å². The van der Waals surface area contributed by atoms with Gasteiger partial charge >= 0.3 is 0 Å². The molecule has 0 spiro atoms. The lowest BCUT2D eigenvalue weighted by Crippen LogP contribution is -2.43. The van der Waals surface area contributed by atoms with Crippen molar-refractivity contribution in [2.24, 2.45) is 0 Å². The molecule has 5 nitrogen and oxygen atoms in total. The van der Waals surface area contributed by atoms with Gasteiger partial charge in [-0.25, -0.2) is 9.50 Å². The van der Waals surface area contributed by atoms with Crippen molar-refractivity contribution in [2.45, 2.75) is 78.3 Å². The van der Waals surface area contributed by atoms with Crippen molar-refractivity contribution in [1.82, 2.24) is 19.5 Å². The molecule has 1 fully saturated rings. The van der Waals surface area contributed by atoms with E-state index in [1.165, 1.54) is 12.8 Å². The van der Waals surface area contributed by atoms with Gasteiger partial charge in [0.25, 0.3) is 0 Å². The molecule has 3 aromatic rings. The molecular weight excluding hydrogens is 348 g/mol. The molecule has 1 amide bonds. The monoisotopic (exact) mass is 378 g/mol. The maximum absolute atomic E-state index is 13.1. The van der Waals surface area contributed by atoms with E-state index in [1.54, 1.807) is 0 Å². The molecule has 1 aliphatic carbocycles. The second kappa shape index (κ2) is 7.53. The molecular formula is C23H30N4O. The number of nitrogens with zero attached hydrogens (tertiary/aromatic N) is 4. The van der Waals surface area contributed by atoms with Crippen molar-refractivity contribution in [3.05, 3.63) is 41.2 Å². The third-order valence-corrected chi connectivity index (χ3v) is 6.17. The van der Waals surface area contributed by atoms with Gasteiger partial charge in [-0.3, -0.25) is 4.79 Å². The van der Waals surface area contributed by atoms with Gasteiger partial charge in [-0.1, -0.05) is 25.0 Å². The first kappa shape index (κ1) is 18.9. The quantitative estimate of drug-likeness (QED) is 0.651. The average Bonchev–Trinajstić information content (AvgIpc) is 3.30. The van der Waals surface area contributed by atoms with E-state index in [-0.39, 0.29) is 11.9 Å². The van der Waals surface area contributed by atoms with Crippen LogP contribution in [0.25, 0.3) is 16.6 Å². The van der Waals surface area contributed by atoms with E-state index in [0.29, 0.717) is 18.9 Å². The zero-order valence-electron chi connectivity index (χ0n) is 17.4. The van der Waals surface area contributed by atoms with Crippen molar-refractivity contribution in [3.63, 3.8) is 0 Å². The molecule has 0 unspecified atom stereocenters. The number of carbonyl (C=O) groups is 1. The minimum Gasteiger partial charge on any atom is -0.337 e. The molecule has 0 atom stereocenters. The summed E-state index contributed by atoms with van der Waals surface area (Å²) >= 11 is 0. The third-order valence-electron chi connectivity index (χ3n) is 6.17. The van der Waals surface area contributed by atoms with E-state index in [9.17, 15) is 4.79 Å². The van der Waals surface area contributed by atoms with Crippen molar-refractivity contribution in [2.75, 3.05) is 0 Å². The van der Waals surface area contributed by atoms with Gasteiger partial charge in [-0.05, 0) is 64.7 Å². The summed E-state index contributed by atoms with van der Waals surface area (Å²) in [6, 6.07) is 8.78. The van der Waals surface area contributed by atoms with Crippen LogP contribution in [-0.2, 0) is 11.2 Å². The number of carbonyl (C=O) groups excluding carboxylic acids is 1. The minimum absolute atomic E-state index is 0.259. The molecule has 0 saturated heterocycles. The molecule has 1 saturated carbocycles. The van der Waals surface area contributed by atoms with E-state index in [1.807, 2.05) is 29.6 Å². The number of hydrogen-bond donors (Lipinski definition) is 0. The molecule has 5 heteroatoms. The maximum atomic E-state index is 13.1. The second-order valence-electron chi connectivity index (χ2n) is 8.35. The predicted molar refractivity (Wildman–Crippen MR) is 113 cm³/mol. The Morgan fingerprint density at radius 2 is 1.93 bits per heavy atom. The topological polar surface area (TPSA) is 50.5 Å². The van der Waals surface area contributed by atoms with Crippen molar-refractivity contribution < 1.29 is 4.79 Å². The van der Waals surface area contributed by atoms with Crippen LogP contribution >= 0.6 is 0 Å². The van der Waals surface area contributed by atoms with Crippen molar-refractivity contribution in [1.29, 1.82) is 0 Å². The molecule has 4 rings (SSSR count). The summed E-state index contributed by atoms with van der Waals surface area (Å²) in [5.74, 6) is 0.270. The number of aromatic nitrogens is 3. The van der Waals surface area contributed by atoms with E-state index < -0.39 is 0 Å². The Bertz CT molecular complexity index is 1010. The first-order valence-electron chi connectivity index (χ1n) is 10.5. The summed E-state index contributed by atoms with van der Waals surface area (Å²) in [6.07, 6.45) is 6.03. The summed E-state index contributed by atoms with van der Waals surface area (Å²) in [6.45, 7) is 8.40. The fraction of sp³-hybridized carbons (Fsp3) is 0.522. The number of hydrogen-bond acceptors (Lipinski definition) is 3. The van der Waals surface area contributed by atoms with Crippen LogP contribution in [0.4, 0.5) is 0 Å².